The molecule has 200 valence electrons. The molecule has 0 aliphatic carbocycles. The standard InChI is InChI=1S/C32H32N2O4S/c1-7-38-23-10-8-9-21(17-23)28(35)25-27(20-11-13-22(14-12-20)32(4,5)6)34(30(37)29(25)36)31-33-26-19(3)15-18(2)16-24(26)39-31/h8-17,27,35H,7H2,1-6H3. The molecule has 1 N–H and O–H groups in total. The molecule has 0 saturated carbocycles. The lowest BCUT2D eigenvalue weighted by Gasteiger charge is -2.24. The fraction of sp³-hybridized carbons (Fsp3) is 0.281. The summed E-state index contributed by atoms with van der Waals surface area (Å²) >= 11 is 1.37. The number of rotatable bonds is 5. The number of aliphatic hydroxyl groups is 1. The summed E-state index contributed by atoms with van der Waals surface area (Å²) in [6, 6.07) is 18.0. The average molecular weight is 541 g/mol. The first-order valence-corrected chi connectivity index (χ1v) is 13.8. The number of fused-ring (bicyclic) bond motifs is 1. The Morgan fingerprint density at radius 3 is 2.44 bits per heavy atom. The number of hydrogen-bond donors (Lipinski definition) is 1. The van der Waals surface area contributed by atoms with Crippen LogP contribution in [0.4, 0.5) is 5.13 Å². The number of Topliss-reactive ketones (excluding diaryl/α,β-unsaturated/α-hetero) is 1. The molecule has 2 heterocycles. The molecule has 0 spiro atoms. The highest BCUT2D eigenvalue weighted by molar-refractivity contribution is 7.22. The third-order valence-electron chi connectivity index (χ3n) is 6.98. The van der Waals surface area contributed by atoms with Gasteiger partial charge in [0, 0.05) is 5.56 Å². The van der Waals surface area contributed by atoms with Crippen molar-refractivity contribution in [3.63, 3.8) is 0 Å². The van der Waals surface area contributed by atoms with Gasteiger partial charge in [-0.15, -0.1) is 0 Å². The number of ether oxygens (including phenoxy) is 1. The van der Waals surface area contributed by atoms with Gasteiger partial charge in [0.1, 0.15) is 11.5 Å². The van der Waals surface area contributed by atoms with Gasteiger partial charge in [-0.25, -0.2) is 4.98 Å². The minimum Gasteiger partial charge on any atom is -0.507 e. The number of anilines is 1. The molecule has 3 aromatic carbocycles. The van der Waals surface area contributed by atoms with Gasteiger partial charge in [-0.1, -0.05) is 74.6 Å². The first-order chi connectivity index (χ1) is 18.5. The van der Waals surface area contributed by atoms with Crippen molar-refractivity contribution < 1.29 is 19.4 Å². The second-order valence-electron chi connectivity index (χ2n) is 10.9. The van der Waals surface area contributed by atoms with Crippen molar-refractivity contribution in [1.82, 2.24) is 4.98 Å². The molecule has 4 aromatic rings. The van der Waals surface area contributed by atoms with E-state index in [0.29, 0.717) is 23.1 Å². The average Bonchev–Trinajstić information content (AvgIpc) is 3.42. The fourth-order valence-electron chi connectivity index (χ4n) is 5.03. The van der Waals surface area contributed by atoms with Crippen LogP contribution in [0, 0.1) is 13.8 Å². The van der Waals surface area contributed by atoms with Crippen LogP contribution in [0.2, 0.25) is 0 Å². The molecule has 0 radical (unpaired) electrons. The maximum absolute atomic E-state index is 13.6. The maximum atomic E-state index is 13.6. The van der Waals surface area contributed by atoms with E-state index in [-0.39, 0.29) is 16.7 Å². The zero-order valence-corrected chi connectivity index (χ0v) is 23.8. The summed E-state index contributed by atoms with van der Waals surface area (Å²) < 4.78 is 6.54. The van der Waals surface area contributed by atoms with E-state index in [1.165, 1.54) is 16.2 Å². The van der Waals surface area contributed by atoms with Crippen molar-refractivity contribution >= 4 is 44.1 Å². The van der Waals surface area contributed by atoms with Crippen LogP contribution in [0.3, 0.4) is 0 Å². The van der Waals surface area contributed by atoms with Gasteiger partial charge in [-0.3, -0.25) is 14.5 Å². The van der Waals surface area contributed by atoms with Crippen LogP contribution in [0.25, 0.3) is 16.0 Å². The molecule has 7 heteroatoms. The first-order valence-electron chi connectivity index (χ1n) is 13.0. The largest absolute Gasteiger partial charge is 0.507 e. The van der Waals surface area contributed by atoms with Crippen molar-refractivity contribution in [1.29, 1.82) is 0 Å². The number of aromatic nitrogens is 1. The van der Waals surface area contributed by atoms with Gasteiger partial charge in [-0.2, -0.15) is 0 Å². The summed E-state index contributed by atoms with van der Waals surface area (Å²) in [5.41, 5.74) is 5.12. The number of nitrogens with zero attached hydrogens (tertiary/aromatic N) is 2. The number of aliphatic hydroxyl groups excluding tert-OH is 1. The number of carbonyl (C=O) groups is 2. The van der Waals surface area contributed by atoms with Gasteiger partial charge in [0.25, 0.3) is 5.78 Å². The Hall–Kier alpha value is -3.97. The highest BCUT2D eigenvalue weighted by Gasteiger charge is 2.48. The quantitative estimate of drug-likeness (QED) is 0.164. The van der Waals surface area contributed by atoms with E-state index in [0.717, 1.165) is 32.5 Å². The van der Waals surface area contributed by atoms with E-state index in [2.05, 4.69) is 20.8 Å². The maximum Gasteiger partial charge on any atom is 0.301 e. The molecule has 5 rings (SSSR count). The van der Waals surface area contributed by atoms with Crippen LogP contribution in [0.5, 0.6) is 5.75 Å². The number of thiazole rings is 1. The molecule has 0 bridgehead atoms. The molecule has 1 atom stereocenters. The number of carbonyl (C=O) groups excluding carboxylic acids is 2. The van der Waals surface area contributed by atoms with Crippen LogP contribution in [0.1, 0.15) is 61.6 Å². The van der Waals surface area contributed by atoms with Crippen LogP contribution in [-0.4, -0.2) is 28.4 Å². The molecular weight excluding hydrogens is 508 g/mol. The molecule has 1 fully saturated rings. The SMILES string of the molecule is CCOc1cccc(C(O)=C2C(=O)C(=O)N(c3nc4c(C)cc(C)cc4s3)C2c2ccc(C(C)(C)C)cc2)c1. The topological polar surface area (TPSA) is 79.7 Å². The zero-order valence-electron chi connectivity index (χ0n) is 23.0. The van der Waals surface area contributed by atoms with E-state index < -0.39 is 17.7 Å². The van der Waals surface area contributed by atoms with Gasteiger partial charge in [0.2, 0.25) is 0 Å². The van der Waals surface area contributed by atoms with Crippen LogP contribution in [0.15, 0.2) is 66.2 Å². The van der Waals surface area contributed by atoms with Crippen LogP contribution in [-0.2, 0) is 15.0 Å². The van der Waals surface area contributed by atoms with Crippen molar-refractivity contribution in [2.24, 2.45) is 0 Å². The van der Waals surface area contributed by atoms with E-state index in [1.807, 2.05) is 57.2 Å². The zero-order chi connectivity index (χ0) is 28.1. The van der Waals surface area contributed by atoms with E-state index in [1.54, 1.807) is 24.3 Å². The fourth-order valence-corrected chi connectivity index (χ4v) is 6.20. The summed E-state index contributed by atoms with van der Waals surface area (Å²) in [6.07, 6.45) is 0. The Morgan fingerprint density at radius 2 is 1.77 bits per heavy atom. The lowest BCUT2D eigenvalue weighted by molar-refractivity contribution is -0.132. The summed E-state index contributed by atoms with van der Waals surface area (Å²) in [6.45, 7) is 12.7. The number of ketones is 1. The Balaban J connectivity index is 1.72. The number of amides is 1. The van der Waals surface area contributed by atoms with Gasteiger partial charge in [0.15, 0.2) is 5.13 Å². The predicted octanol–water partition coefficient (Wildman–Crippen LogP) is 7.24. The lowest BCUT2D eigenvalue weighted by atomic mass is 9.85. The van der Waals surface area contributed by atoms with E-state index in [9.17, 15) is 14.7 Å². The van der Waals surface area contributed by atoms with Gasteiger partial charge >= 0.3 is 5.91 Å². The highest BCUT2D eigenvalue weighted by atomic mass is 32.1. The number of hydrogen-bond acceptors (Lipinski definition) is 6. The minimum atomic E-state index is -0.836. The predicted molar refractivity (Wildman–Crippen MR) is 157 cm³/mol. The molecule has 1 saturated heterocycles. The second kappa shape index (κ2) is 9.97. The Bertz CT molecular complexity index is 1630. The van der Waals surface area contributed by atoms with Gasteiger partial charge < -0.3 is 9.84 Å². The van der Waals surface area contributed by atoms with Gasteiger partial charge in [-0.05, 0) is 66.6 Å². The molecule has 1 amide bonds. The number of aryl methyl sites for hydroxylation is 2. The van der Waals surface area contributed by atoms with Crippen molar-refractivity contribution in [2.75, 3.05) is 11.5 Å². The lowest BCUT2D eigenvalue weighted by Crippen LogP contribution is -2.29. The molecule has 1 unspecified atom stereocenters. The Labute approximate surface area is 232 Å². The molecule has 39 heavy (non-hydrogen) atoms. The summed E-state index contributed by atoms with van der Waals surface area (Å²) in [7, 11) is 0. The molecule has 1 aliphatic rings. The van der Waals surface area contributed by atoms with Crippen LogP contribution < -0.4 is 9.64 Å². The van der Waals surface area contributed by atoms with Crippen LogP contribution >= 0.6 is 11.3 Å². The van der Waals surface area contributed by atoms with Gasteiger partial charge in [0.05, 0.1) is 28.4 Å². The molecular formula is C32H32N2O4S. The van der Waals surface area contributed by atoms with Crippen molar-refractivity contribution in [2.45, 2.75) is 53.0 Å². The molecule has 1 aromatic heterocycles. The summed E-state index contributed by atoms with van der Waals surface area (Å²) in [4.78, 5) is 33.5. The molecule has 1 aliphatic heterocycles. The monoisotopic (exact) mass is 540 g/mol. The summed E-state index contributed by atoms with van der Waals surface area (Å²) in [5, 5.41) is 11.9. The number of benzene rings is 3. The second-order valence-corrected chi connectivity index (χ2v) is 11.9. The van der Waals surface area contributed by atoms with Crippen molar-refractivity contribution in [3.8, 4) is 5.75 Å². The van der Waals surface area contributed by atoms with E-state index in [4.69, 9.17) is 9.72 Å². The van der Waals surface area contributed by atoms with Crippen molar-refractivity contribution in [3.05, 3.63) is 94.1 Å². The minimum absolute atomic E-state index is 0.0318. The smallest absolute Gasteiger partial charge is 0.301 e. The normalized spacial score (nSPS) is 17.3. The third kappa shape index (κ3) is 4.83. The molecule has 6 nitrogen and oxygen atoms in total. The van der Waals surface area contributed by atoms with E-state index >= 15 is 0 Å². The first kappa shape index (κ1) is 26.6. The third-order valence-corrected chi connectivity index (χ3v) is 7.98. The Morgan fingerprint density at radius 1 is 1.05 bits per heavy atom. The summed E-state index contributed by atoms with van der Waals surface area (Å²) in [5.74, 6) is -1.13. The Kier molecular flexibility index (Phi) is 6.81. The highest BCUT2D eigenvalue weighted by Crippen LogP contribution is 2.45.